The minimum atomic E-state index is -0.874. The Morgan fingerprint density at radius 1 is 1.10 bits per heavy atom. The van der Waals surface area contributed by atoms with Crippen molar-refractivity contribution in [1.29, 1.82) is 0 Å². The van der Waals surface area contributed by atoms with Gasteiger partial charge in [-0.05, 0) is 55.3 Å². The molecule has 4 rings (SSSR count). The molecule has 11 heteroatoms. The molecule has 0 unspecified atom stereocenters. The number of carbonyl (C=O) groups excluding carboxylic acids is 1. The Kier molecular flexibility index (Phi) is 8.66. The highest BCUT2D eigenvalue weighted by molar-refractivity contribution is 7.07. The van der Waals surface area contributed by atoms with Crippen molar-refractivity contribution in [2.45, 2.75) is 32.7 Å². The minimum Gasteiger partial charge on any atom is -0.502 e. The maximum Gasteiger partial charge on any atom is 0.338 e. The fourth-order valence-corrected chi connectivity index (χ4v) is 5.68. The first-order valence-corrected chi connectivity index (χ1v) is 13.5. The number of thiazole rings is 1. The maximum atomic E-state index is 14.0. The molecule has 0 fully saturated rings. The molecule has 0 saturated heterocycles. The molecule has 1 aliphatic rings. The number of esters is 1. The van der Waals surface area contributed by atoms with Gasteiger partial charge in [0.25, 0.3) is 5.56 Å². The molecule has 2 heterocycles. The molecule has 1 aliphatic heterocycles. The van der Waals surface area contributed by atoms with E-state index in [0.717, 1.165) is 6.42 Å². The second-order valence-electron chi connectivity index (χ2n) is 8.57. The highest BCUT2D eigenvalue weighted by Crippen LogP contribution is 2.39. The van der Waals surface area contributed by atoms with E-state index in [4.69, 9.17) is 35.5 Å². The SMILES string of the molecule is CCCC1=C(C(=O)OCC)[C@H](c2cc(Cl)ccc2OC)n2c(s/c(=C/c3cc(OC)c(O)c(OC)c3)c2=O)=N1. The maximum absolute atomic E-state index is 14.0. The van der Waals surface area contributed by atoms with Gasteiger partial charge in [0.05, 0.1) is 43.7 Å². The van der Waals surface area contributed by atoms with E-state index < -0.39 is 12.0 Å². The third-order valence-corrected chi connectivity index (χ3v) is 7.40. The number of allylic oxidation sites excluding steroid dienone is 1. The van der Waals surface area contributed by atoms with Crippen LogP contribution in [0.15, 0.2) is 51.4 Å². The molecule has 0 bridgehead atoms. The van der Waals surface area contributed by atoms with E-state index in [0.29, 0.717) is 43.4 Å². The van der Waals surface area contributed by atoms with Crippen molar-refractivity contribution in [1.82, 2.24) is 4.57 Å². The van der Waals surface area contributed by atoms with Gasteiger partial charge in [0.15, 0.2) is 16.3 Å². The Balaban J connectivity index is 2.05. The number of benzene rings is 2. The third-order valence-electron chi connectivity index (χ3n) is 6.18. The van der Waals surface area contributed by atoms with Gasteiger partial charge in [0, 0.05) is 10.6 Å². The highest BCUT2D eigenvalue weighted by Gasteiger charge is 2.36. The average molecular weight is 573 g/mol. The smallest absolute Gasteiger partial charge is 0.338 e. The molecule has 0 spiro atoms. The lowest BCUT2D eigenvalue weighted by atomic mass is 9.93. The average Bonchev–Trinajstić information content (AvgIpc) is 3.23. The number of phenolic OH excluding ortho intramolecular Hbond substituents is 1. The molecule has 206 valence electrons. The number of aromatic hydroxyl groups is 1. The van der Waals surface area contributed by atoms with Crippen LogP contribution in [0.1, 0.15) is 43.9 Å². The summed E-state index contributed by atoms with van der Waals surface area (Å²) in [4.78, 5) is 32.5. The van der Waals surface area contributed by atoms with E-state index in [1.807, 2.05) is 6.92 Å². The molecule has 0 amide bonds. The molecule has 0 saturated carbocycles. The Bertz CT molecular complexity index is 1600. The zero-order chi connectivity index (χ0) is 28.3. The Morgan fingerprint density at radius 3 is 2.36 bits per heavy atom. The number of hydrogen-bond donors (Lipinski definition) is 1. The van der Waals surface area contributed by atoms with Gasteiger partial charge < -0.3 is 24.1 Å². The summed E-state index contributed by atoms with van der Waals surface area (Å²) < 4.78 is 23.4. The van der Waals surface area contributed by atoms with Crippen LogP contribution in [0.4, 0.5) is 0 Å². The van der Waals surface area contributed by atoms with Gasteiger partial charge in [-0.2, -0.15) is 0 Å². The molecular weight excluding hydrogens is 544 g/mol. The van der Waals surface area contributed by atoms with Gasteiger partial charge in [-0.1, -0.05) is 36.3 Å². The summed E-state index contributed by atoms with van der Waals surface area (Å²) >= 11 is 7.57. The predicted molar refractivity (Wildman–Crippen MR) is 149 cm³/mol. The number of fused-ring (bicyclic) bond motifs is 1. The van der Waals surface area contributed by atoms with Crippen molar-refractivity contribution in [3.05, 3.63) is 77.4 Å². The number of phenols is 1. The van der Waals surface area contributed by atoms with Crippen LogP contribution in [0.2, 0.25) is 5.02 Å². The summed E-state index contributed by atoms with van der Waals surface area (Å²) in [5.74, 6) is 0.162. The Hall–Kier alpha value is -3.76. The van der Waals surface area contributed by atoms with Crippen LogP contribution in [0.25, 0.3) is 6.08 Å². The highest BCUT2D eigenvalue weighted by atomic mass is 35.5. The lowest BCUT2D eigenvalue weighted by Gasteiger charge is -2.27. The zero-order valence-corrected chi connectivity index (χ0v) is 23.8. The molecule has 3 aromatic rings. The van der Waals surface area contributed by atoms with Gasteiger partial charge in [-0.15, -0.1) is 0 Å². The minimum absolute atomic E-state index is 0.144. The summed E-state index contributed by atoms with van der Waals surface area (Å²) in [5, 5.41) is 10.7. The normalized spacial score (nSPS) is 15.0. The number of methoxy groups -OCH3 is 3. The summed E-state index contributed by atoms with van der Waals surface area (Å²) in [6, 6.07) is 7.39. The van der Waals surface area contributed by atoms with Crippen LogP contribution < -0.4 is 29.1 Å². The molecule has 1 atom stereocenters. The zero-order valence-electron chi connectivity index (χ0n) is 22.2. The second kappa shape index (κ2) is 12.0. The fraction of sp³-hybridized carbons (Fsp3) is 0.321. The number of aromatic nitrogens is 1. The van der Waals surface area contributed by atoms with E-state index in [2.05, 4.69) is 0 Å². The first-order valence-electron chi connectivity index (χ1n) is 12.3. The molecule has 39 heavy (non-hydrogen) atoms. The van der Waals surface area contributed by atoms with Gasteiger partial charge in [-0.25, -0.2) is 9.79 Å². The van der Waals surface area contributed by atoms with Gasteiger partial charge in [0.2, 0.25) is 5.75 Å². The number of carbonyl (C=O) groups is 1. The monoisotopic (exact) mass is 572 g/mol. The standard InChI is InChI=1S/C28H29ClN2O7S/c1-6-8-18-23(27(34)38-7-2)24(17-14-16(29)9-10-19(17)35-3)31-26(33)22(39-28(31)30-18)13-15-11-20(36-4)25(32)21(12-15)37-5/h9-14,24,32H,6-8H2,1-5H3/b22-13+/t24-/m0/s1. The van der Waals surface area contributed by atoms with Gasteiger partial charge >= 0.3 is 5.97 Å². The second-order valence-corrected chi connectivity index (χ2v) is 10.0. The molecule has 0 aliphatic carbocycles. The summed E-state index contributed by atoms with van der Waals surface area (Å²) in [5.41, 5.74) is 1.56. The van der Waals surface area contributed by atoms with Crippen LogP contribution in [0.5, 0.6) is 23.0 Å². The van der Waals surface area contributed by atoms with E-state index in [1.165, 1.54) is 37.2 Å². The van der Waals surface area contributed by atoms with Crippen molar-refractivity contribution in [3.8, 4) is 23.0 Å². The van der Waals surface area contributed by atoms with Crippen LogP contribution in [0.3, 0.4) is 0 Å². The van der Waals surface area contributed by atoms with E-state index in [9.17, 15) is 14.7 Å². The fourth-order valence-electron chi connectivity index (χ4n) is 4.48. The number of hydrogen-bond acceptors (Lipinski definition) is 9. The van der Waals surface area contributed by atoms with Crippen LogP contribution in [-0.4, -0.2) is 43.6 Å². The third kappa shape index (κ3) is 5.39. The number of ether oxygens (including phenoxy) is 4. The van der Waals surface area contributed by atoms with Crippen LogP contribution >= 0.6 is 22.9 Å². The van der Waals surface area contributed by atoms with Gasteiger partial charge in [0.1, 0.15) is 11.8 Å². The summed E-state index contributed by atoms with van der Waals surface area (Å²) in [6.07, 6.45) is 2.89. The van der Waals surface area contributed by atoms with Crippen molar-refractivity contribution >= 4 is 35.0 Å². The Morgan fingerprint density at radius 2 is 1.77 bits per heavy atom. The Labute approximate surface area is 234 Å². The summed E-state index contributed by atoms with van der Waals surface area (Å²) in [7, 11) is 4.37. The lowest BCUT2D eigenvalue weighted by Crippen LogP contribution is -2.40. The molecule has 1 aromatic heterocycles. The van der Waals surface area contributed by atoms with Crippen molar-refractivity contribution < 1.29 is 28.8 Å². The van der Waals surface area contributed by atoms with Crippen molar-refractivity contribution in [3.63, 3.8) is 0 Å². The number of rotatable bonds is 9. The first kappa shape index (κ1) is 28.3. The van der Waals surface area contributed by atoms with E-state index in [-0.39, 0.29) is 35.0 Å². The predicted octanol–water partition coefficient (Wildman–Crippen LogP) is 3.96. The van der Waals surface area contributed by atoms with Crippen molar-refractivity contribution in [2.75, 3.05) is 27.9 Å². The topological polar surface area (TPSA) is 109 Å². The van der Waals surface area contributed by atoms with E-state index in [1.54, 1.807) is 43.3 Å². The van der Waals surface area contributed by atoms with Gasteiger partial charge in [-0.3, -0.25) is 9.36 Å². The van der Waals surface area contributed by atoms with Crippen LogP contribution in [0, 0.1) is 0 Å². The molecule has 1 N–H and O–H groups in total. The molecule has 2 aromatic carbocycles. The van der Waals surface area contributed by atoms with Crippen molar-refractivity contribution in [2.24, 2.45) is 4.99 Å². The molecule has 0 radical (unpaired) electrons. The first-order chi connectivity index (χ1) is 18.8. The summed E-state index contributed by atoms with van der Waals surface area (Å²) in [6.45, 7) is 3.87. The number of nitrogens with zero attached hydrogens (tertiary/aromatic N) is 2. The largest absolute Gasteiger partial charge is 0.502 e. The van der Waals surface area contributed by atoms with Crippen LogP contribution in [-0.2, 0) is 9.53 Å². The lowest BCUT2D eigenvalue weighted by molar-refractivity contribution is -0.139. The van der Waals surface area contributed by atoms with E-state index >= 15 is 0 Å². The number of halogens is 1. The molecular formula is C28H29ClN2O7S. The quantitative estimate of drug-likeness (QED) is 0.387. The molecule has 9 nitrogen and oxygen atoms in total.